The lowest BCUT2D eigenvalue weighted by atomic mass is 10.2. The first-order valence-electron chi connectivity index (χ1n) is 8.63. The second kappa shape index (κ2) is 9.54. The zero-order valence-electron chi connectivity index (χ0n) is 15.0. The number of thiophene rings is 1. The molecule has 0 aliphatic carbocycles. The number of allylic oxidation sites excluding steroid dienone is 1. The van der Waals surface area contributed by atoms with Crippen molar-refractivity contribution >= 4 is 50.7 Å². The van der Waals surface area contributed by atoms with E-state index in [0.717, 1.165) is 17.3 Å². The highest BCUT2D eigenvalue weighted by molar-refractivity contribution is 9.10. The minimum Gasteiger partial charge on any atom is -0.484 e. The summed E-state index contributed by atoms with van der Waals surface area (Å²) in [4.78, 5) is 14.2. The molecule has 1 aromatic carbocycles. The van der Waals surface area contributed by atoms with Crippen LogP contribution in [0.1, 0.15) is 39.4 Å². The van der Waals surface area contributed by atoms with Gasteiger partial charge in [0.1, 0.15) is 29.7 Å². The van der Waals surface area contributed by atoms with Crippen LogP contribution in [0.2, 0.25) is 5.02 Å². The Morgan fingerprint density at radius 1 is 1.32 bits per heavy atom. The summed E-state index contributed by atoms with van der Waals surface area (Å²) in [5, 5.41) is 0.196. The molecule has 7 heteroatoms. The van der Waals surface area contributed by atoms with Crippen LogP contribution in [0.15, 0.2) is 51.4 Å². The highest BCUT2D eigenvalue weighted by atomic mass is 79.9. The van der Waals surface area contributed by atoms with Crippen molar-refractivity contribution in [3.05, 3.63) is 79.1 Å². The van der Waals surface area contributed by atoms with Crippen molar-refractivity contribution in [2.24, 2.45) is 0 Å². The maximum Gasteiger partial charge on any atom is 0.195 e. The third-order valence-electron chi connectivity index (χ3n) is 3.82. The first-order valence-corrected chi connectivity index (χ1v) is 10.6. The van der Waals surface area contributed by atoms with Gasteiger partial charge in [-0.15, -0.1) is 11.3 Å². The van der Waals surface area contributed by atoms with Crippen LogP contribution in [0.5, 0.6) is 5.75 Å². The molecule has 0 fully saturated rings. The number of hydrogen-bond acceptors (Lipinski definition) is 4. The van der Waals surface area contributed by atoms with E-state index < -0.39 is 5.82 Å². The highest BCUT2D eigenvalue weighted by Gasteiger charge is 2.11. The van der Waals surface area contributed by atoms with Crippen LogP contribution >= 0.6 is 38.9 Å². The van der Waals surface area contributed by atoms with Gasteiger partial charge in [0.25, 0.3) is 0 Å². The molecule has 0 N–H and O–H groups in total. The Morgan fingerprint density at radius 2 is 2.14 bits per heavy atom. The zero-order chi connectivity index (χ0) is 20.1. The highest BCUT2D eigenvalue weighted by Crippen LogP contribution is 2.29. The summed E-state index contributed by atoms with van der Waals surface area (Å²) >= 11 is 10.9. The lowest BCUT2D eigenvalue weighted by Gasteiger charge is -2.05. The molecule has 146 valence electrons. The van der Waals surface area contributed by atoms with Crippen molar-refractivity contribution in [3.8, 4) is 5.75 Å². The number of ketones is 1. The summed E-state index contributed by atoms with van der Waals surface area (Å²) in [7, 11) is 0. The molecule has 0 aliphatic rings. The molecule has 0 amide bonds. The topological polar surface area (TPSA) is 39.4 Å². The molecule has 3 aromatic rings. The third kappa shape index (κ3) is 5.34. The molecule has 0 aliphatic heterocycles. The predicted molar refractivity (Wildman–Crippen MR) is 114 cm³/mol. The number of furan rings is 1. The van der Waals surface area contributed by atoms with Crippen LogP contribution in [0.3, 0.4) is 0 Å². The molecule has 28 heavy (non-hydrogen) atoms. The lowest BCUT2D eigenvalue weighted by molar-refractivity contribution is 0.105. The zero-order valence-corrected chi connectivity index (χ0v) is 18.2. The van der Waals surface area contributed by atoms with Crippen LogP contribution in [-0.4, -0.2) is 5.78 Å². The Morgan fingerprint density at radius 3 is 2.89 bits per heavy atom. The fraction of sp³-hybridized carbons (Fsp3) is 0.190. The fourth-order valence-electron chi connectivity index (χ4n) is 2.47. The first kappa shape index (κ1) is 20.8. The van der Waals surface area contributed by atoms with Gasteiger partial charge in [0.2, 0.25) is 0 Å². The quantitative estimate of drug-likeness (QED) is 0.249. The number of carbonyl (C=O) groups excluding carboxylic acids is 1. The number of ether oxygens (including phenoxy) is 1. The van der Waals surface area contributed by atoms with E-state index >= 15 is 0 Å². The molecule has 0 radical (unpaired) electrons. The van der Waals surface area contributed by atoms with E-state index in [0.29, 0.717) is 22.1 Å². The van der Waals surface area contributed by atoms with Gasteiger partial charge in [-0.3, -0.25) is 4.79 Å². The van der Waals surface area contributed by atoms with E-state index in [-0.39, 0.29) is 17.4 Å². The van der Waals surface area contributed by atoms with Gasteiger partial charge in [0.15, 0.2) is 5.78 Å². The summed E-state index contributed by atoms with van der Waals surface area (Å²) in [5.74, 6) is 0.989. The standard InChI is InChI=1S/C21H17BrClFO3S/c1-2-3-20-16(22)11-21(28-20)18(25)8-7-14-5-6-15(27-14)12-26-19-9-4-13(24)10-17(19)23/h4-11H,2-3,12H2,1H3/b8-7+. The van der Waals surface area contributed by atoms with Gasteiger partial charge in [0.05, 0.1) is 9.90 Å². The van der Waals surface area contributed by atoms with Crippen LogP contribution in [-0.2, 0) is 13.0 Å². The minimum absolute atomic E-state index is 0.0691. The van der Waals surface area contributed by atoms with Crippen LogP contribution in [0.4, 0.5) is 4.39 Å². The van der Waals surface area contributed by atoms with E-state index in [1.807, 2.05) is 6.07 Å². The monoisotopic (exact) mass is 482 g/mol. The molecule has 0 unspecified atom stereocenters. The van der Waals surface area contributed by atoms with E-state index in [1.54, 1.807) is 18.2 Å². The van der Waals surface area contributed by atoms with Crippen molar-refractivity contribution in [1.29, 1.82) is 0 Å². The number of rotatable bonds is 8. The molecule has 2 aromatic heterocycles. The smallest absolute Gasteiger partial charge is 0.195 e. The van der Waals surface area contributed by atoms with Crippen molar-refractivity contribution in [3.63, 3.8) is 0 Å². The minimum atomic E-state index is -0.424. The Kier molecular flexibility index (Phi) is 7.10. The first-order chi connectivity index (χ1) is 13.5. The van der Waals surface area contributed by atoms with Crippen LogP contribution in [0.25, 0.3) is 6.08 Å². The molecule has 0 spiro atoms. The second-order valence-corrected chi connectivity index (χ2v) is 8.40. The Labute approximate surface area is 179 Å². The number of hydrogen-bond donors (Lipinski definition) is 0. The molecule has 0 atom stereocenters. The van der Waals surface area contributed by atoms with Gasteiger partial charge >= 0.3 is 0 Å². The Hall–Kier alpha value is -1.89. The summed E-state index contributed by atoms with van der Waals surface area (Å²) in [6.45, 7) is 2.25. The maximum absolute atomic E-state index is 13.1. The molecule has 3 rings (SSSR count). The number of aryl methyl sites for hydroxylation is 1. The van der Waals surface area contributed by atoms with Crippen LogP contribution in [0, 0.1) is 5.82 Å². The average molecular weight is 484 g/mol. The van der Waals surface area contributed by atoms with Crippen molar-refractivity contribution < 1.29 is 18.3 Å². The maximum atomic E-state index is 13.1. The lowest BCUT2D eigenvalue weighted by Crippen LogP contribution is -1.94. The largest absolute Gasteiger partial charge is 0.484 e. The van der Waals surface area contributed by atoms with E-state index in [4.69, 9.17) is 20.8 Å². The SMILES string of the molecule is CCCc1sc(C(=O)/C=C/c2ccc(COc3ccc(F)cc3Cl)o2)cc1Br. The third-order valence-corrected chi connectivity index (χ3v) is 6.30. The van der Waals surface area contributed by atoms with Crippen molar-refractivity contribution in [1.82, 2.24) is 0 Å². The number of benzene rings is 1. The summed E-state index contributed by atoms with van der Waals surface area (Å²) in [6, 6.07) is 9.29. The molecule has 0 bridgehead atoms. The van der Waals surface area contributed by atoms with Gasteiger partial charge in [0, 0.05) is 9.35 Å². The molecule has 3 nitrogen and oxygen atoms in total. The molecular weight excluding hydrogens is 467 g/mol. The number of halogens is 3. The normalized spacial score (nSPS) is 11.3. The van der Waals surface area contributed by atoms with Crippen molar-refractivity contribution in [2.45, 2.75) is 26.4 Å². The summed E-state index contributed by atoms with van der Waals surface area (Å²) in [6.07, 6.45) is 5.10. The Bertz CT molecular complexity index is 1010. The van der Waals surface area contributed by atoms with E-state index in [9.17, 15) is 9.18 Å². The molecule has 0 saturated heterocycles. The van der Waals surface area contributed by atoms with Gasteiger partial charge in [-0.2, -0.15) is 0 Å². The molecule has 2 heterocycles. The fourth-order valence-corrected chi connectivity index (χ4v) is 4.58. The second-order valence-electron chi connectivity index (χ2n) is 6.00. The van der Waals surface area contributed by atoms with Gasteiger partial charge < -0.3 is 9.15 Å². The van der Waals surface area contributed by atoms with Gasteiger partial charge in [-0.25, -0.2) is 4.39 Å². The predicted octanol–water partition coefficient (Wildman–Crippen LogP) is 7.32. The molecular formula is C21H17BrClFO3S. The number of carbonyl (C=O) groups is 1. The average Bonchev–Trinajstić information content (AvgIpc) is 3.26. The summed E-state index contributed by atoms with van der Waals surface area (Å²) in [5.41, 5.74) is 0. The van der Waals surface area contributed by atoms with Gasteiger partial charge in [-0.1, -0.05) is 24.9 Å². The summed E-state index contributed by atoms with van der Waals surface area (Å²) < 4.78 is 25.2. The Balaban J connectivity index is 1.60. The van der Waals surface area contributed by atoms with Crippen molar-refractivity contribution in [2.75, 3.05) is 0 Å². The molecule has 0 saturated carbocycles. The van der Waals surface area contributed by atoms with E-state index in [2.05, 4.69) is 22.9 Å². The van der Waals surface area contributed by atoms with Crippen LogP contribution < -0.4 is 4.74 Å². The van der Waals surface area contributed by atoms with E-state index in [1.165, 1.54) is 40.5 Å². The van der Waals surface area contributed by atoms with Gasteiger partial charge in [-0.05, 0) is 70.9 Å².